The predicted molar refractivity (Wildman–Crippen MR) is 146 cm³/mol. The zero-order valence-electron chi connectivity index (χ0n) is 23.0. The summed E-state index contributed by atoms with van der Waals surface area (Å²) in [5, 5.41) is 4.26. The van der Waals surface area contributed by atoms with E-state index in [9.17, 15) is 0 Å². The van der Waals surface area contributed by atoms with Gasteiger partial charge >= 0.3 is 0 Å². The Balaban J connectivity index is 1.51. The number of rotatable bonds is 9. The van der Waals surface area contributed by atoms with Gasteiger partial charge in [-0.1, -0.05) is 13.8 Å². The van der Waals surface area contributed by atoms with E-state index in [1.807, 2.05) is 31.7 Å². The van der Waals surface area contributed by atoms with Crippen LogP contribution in [0.15, 0.2) is 41.8 Å². The highest BCUT2D eigenvalue weighted by atomic mass is 19.1. The monoisotopic (exact) mass is 549 g/mol. The molecule has 3 aromatic heterocycles. The number of aromatic nitrogens is 5. The number of ether oxygens (including phenoxy) is 2. The van der Waals surface area contributed by atoms with Crippen LogP contribution in [-0.4, -0.2) is 74.3 Å². The molecule has 4 aromatic rings. The number of benzene rings is 1. The summed E-state index contributed by atoms with van der Waals surface area (Å²) in [5.74, 6) is -1.25. The first-order valence-corrected chi connectivity index (χ1v) is 13.8. The molecule has 0 N–H and O–H groups in total. The Bertz CT molecular complexity index is 1570. The molecule has 2 fully saturated rings. The van der Waals surface area contributed by atoms with Crippen LogP contribution in [0.3, 0.4) is 0 Å². The van der Waals surface area contributed by atoms with Crippen molar-refractivity contribution >= 4 is 16.9 Å². The number of nitrogens with zero attached hydrogens (tertiary/aromatic N) is 7. The topological polar surface area (TPSA) is 82.6 Å². The van der Waals surface area contributed by atoms with Gasteiger partial charge in [-0.2, -0.15) is 5.10 Å². The van der Waals surface area contributed by atoms with Gasteiger partial charge in [-0.3, -0.25) is 14.6 Å². The molecular formula is C29H33F2N7O2. The van der Waals surface area contributed by atoms with Crippen molar-refractivity contribution in [3.05, 3.63) is 65.0 Å². The third-order valence-electron chi connectivity index (χ3n) is 7.78. The molecule has 2 aliphatic heterocycles. The molecule has 5 heterocycles. The van der Waals surface area contributed by atoms with Crippen molar-refractivity contribution in [2.75, 3.05) is 33.0 Å². The highest BCUT2D eigenvalue weighted by Crippen LogP contribution is 2.29. The van der Waals surface area contributed by atoms with Crippen molar-refractivity contribution in [2.24, 2.45) is 12.0 Å². The quantitative estimate of drug-likeness (QED) is 0.318. The van der Waals surface area contributed by atoms with Gasteiger partial charge in [0.15, 0.2) is 17.3 Å². The Morgan fingerprint density at radius 2 is 1.68 bits per heavy atom. The minimum Gasteiger partial charge on any atom is -0.378 e. The summed E-state index contributed by atoms with van der Waals surface area (Å²) >= 11 is 0. The van der Waals surface area contributed by atoms with E-state index in [4.69, 9.17) is 14.5 Å². The molecule has 1 aromatic carbocycles. The van der Waals surface area contributed by atoms with E-state index >= 15 is 8.78 Å². The third-order valence-corrected chi connectivity index (χ3v) is 7.78. The van der Waals surface area contributed by atoms with Crippen molar-refractivity contribution < 1.29 is 18.3 Å². The summed E-state index contributed by atoms with van der Waals surface area (Å²) in [6, 6.07) is 5.77. The van der Waals surface area contributed by atoms with Crippen LogP contribution in [0.4, 0.5) is 14.5 Å². The molecule has 0 saturated carbocycles. The van der Waals surface area contributed by atoms with Gasteiger partial charge < -0.3 is 14.0 Å². The van der Waals surface area contributed by atoms with Crippen LogP contribution in [0.2, 0.25) is 0 Å². The zero-order valence-corrected chi connectivity index (χ0v) is 23.0. The summed E-state index contributed by atoms with van der Waals surface area (Å²) in [6.07, 6.45) is 6.21. The van der Waals surface area contributed by atoms with Crippen molar-refractivity contribution in [2.45, 2.75) is 45.3 Å². The highest BCUT2D eigenvalue weighted by Gasteiger charge is 2.35. The summed E-state index contributed by atoms with van der Waals surface area (Å²) < 4.78 is 45.5. The second kappa shape index (κ2) is 11.1. The second-order valence-electron chi connectivity index (χ2n) is 10.3. The van der Waals surface area contributed by atoms with Crippen LogP contribution in [0.25, 0.3) is 22.4 Å². The average molecular weight is 550 g/mol. The van der Waals surface area contributed by atoms with Gasteiger partial charge in [0.1, 0.15) is 16.7 Å². The number of pyridine rings is 1. The van der Waals surface area contributed by atoms with Gasteiger partial charge in [0.2, 0.25) is 0 Å². The number of hydrogen-bond acceptors (Lipinski definition) is 7. The Morgan fingerprint density at radius 3 is 2.23 bits per heavy atom. The molecule has 11 heteroatoms. The van der Waals surface area contributed by atoms with Gasteiger partial charge in [-0.25, -0.2) is 18.8 Å². The standard InChI is InChI=1S/C29H33F2N7O2/c1-4-18-10-19(5-2)27(31)28(26(18)30)35-25-7-6-23-29(34-24(12-32-23)20-11-33-36(3)13-20)38(25)9-8-37(21-14-39-15-21)22-16-40-17-22/h6-7,10-13,21-22H,4-5,8-9,14-17H2,1-3H3. The molecule has 2 saturated heterocycles. The van der Waals surface area contributed by atoms with Crippen molar-refractivity contribution in [3.8, 4) is 11.3 Å². The largest absolute Gasteiger partial charge is 0.378 e. The molecule has 0 unspecified atom stereocenters. The molecule has 0 amide bonds. The highest BCUT2D eigenvalue weighted by molar-refractivity contribution is 5.73. The number of fused-ring (bicyclic) bond motifs is 1. The van der Waals surface area contributed by atoms with Crippen molar-refractivity contribution in [1.82, 2.24) is 29.2 Å². The van der Waals surface area contributed by atoms with Crippen LogP contribution in [0.1, 0.15) is 25.0 Å². The number of halogens is 2. The van der Waals surface area contributed by atoms with Gasteiger partial charge in [-0.15, -0.1) is 0 Å². The maximum Gasteiger partial charge on any atom is 0.160 e. The molecule has 9 nitrogen and oxygen atoms in total. The minimum atomic E-state index is -0.626. The molecular weight excluding hydrogens is 516 g/mol. The molecule has 210 valence electrons. The average Bonchev–Trinajstić information content (AvgIpc) is 3.34. The Hall–Kier alpha value is -3.54. The van der Waals surface area contributed by atoms with Crippen molar-refractivity contribution in [1.29, 1.82) is 0 Å². The number of aryl methyl sites for hydroxylation is 3. The molecule has 0 atom stereocenters. The van der Waals surface area contributed by atoms with Gasteiger partial charge in [0.05, 0.1) is 56.6 Å². The van der Waals surface area contributed by atoms with E-state index in [0.717, 1.165) is 5.56 Å². The maximum atomic E-state index is 15.5. The lowest BCUT2D eigenvalue weighted by atomic mass is 10.0. The zero-order chi connectivity index (χ0) is 27.8. The van der Waals surface area contributed by atoms with E-state index < -0.39 is 11.6 Å². The van der Waals surface area contributed by atoms with E-state index in [2.05, 4.69) is 20.0 Å². The molecule has 0 spiro atoms. The fourth-order valence-corrected chi connectivity index (χ4v) is 5.24. The van der Waals surface area contributed by atoms with E-state index in [0.29, 0.717) is 97.9 Å². The normalized spacial score (nSPS) is 16.6. The maximum absolute atomic E-state index is 15.5. The Kier molecular flexibility index (Phi) is 7.43. The molecule has 2 aliphatic rings. The lowest BCUT2D eigenvalue weighted by Gasteiger charge is -2.45. The smallest absolute Gasteiger partial charge is 0.160 e. The lowest BCUT2D eigenvalue weighted by molar-refractivity contribution is -0.137. The summed E-state index contributed by atoms with van der Waals surface area (Å²) in [7, 11) is 1.84. The summed E-state index contributed by atoms with van der Waals surface area (Å²) in [5.41, 5.74) is 3.77. The minimum absolute atomic E-state index is 0.266. The van der Waals surface area contributed by atoms with Crippen LogP contribution in [0, 0.1) is 11.6 Å². The van der Waals surface area contributed by atoms with E-state index in [-0.39, 0.29) is 5.69 Å². The number of hydrogen-bond donors (Lipinski definition) is 0. The fourth-order valence-electron chi connectivity index (χ4n) is 5.24. The van der Waals surface area contributed by atoms with Gasteiger partial charge in [0.25, 0.3) is 0 Å². The van der Waals surface area contributed by atoms with E-state index in [1.54, 1.807) is 35.3 Å². The summed E-state index contributed by atoms with van der Waals surface area (Å²) in [6.45, 7) is 7.59. The second-order valence-corrected chi connectivity index (χ2v) is 10.3. The van der Waals surface area contributed by atoms with E-state index in [1.165, 1.54) is 0 Å². The molecule has 0 radical (unpaired) electrons. The van der Waals surface area contributed by atoms with Gasteiger partial charge in [-0.05, 0) is 42.2 Å². The van der Waals surface area contributed by atoms with Gasteiger partial charge in [0, 0.05) is 31.9 Å². The first-order chi connectivity index (χ1) is 19.5. The first-order valence-electron chi connectivity index (χ1n) is 13.8. The lowest BCUT2D eigenvalue weighted by Crippen LogP contribution is -2.60. The first kappa shape index (κ1) is 26.7. The molecule has 6 rings (SSSR count). The van der Waals surface area contributed by atoms with Crippen LogP contribution < -0.4 is 5.49 Å². The molecule has 0 bridgehead atoms. The molecule has 40 heavy (non-hydrogen) atoms. The Morgan fingerprint density at radius 1 is 1.00 bits per heavy atom. The SMILES string of the molecule is CCc1cc(CC)c(F)c(N=c2ccc3ncc(-c4cnn(C)c4)nc3n2CCN(C2COC2)C2COC2)c1F. The van der Waals surface area contributed by atoms with Crippen LogP contribution in [-0.2, 0) is 35.9 Å². The molecule has 0 aliphatic carbocycles. The van der Waals surface area contributed by atoms with Crippen molar-refractivity contribution in [3.63, 3.8) is 0 Å². The third kappa shape index (κ3) is 4.93. The predicted octanol–water partition coefficient (Wildman–Crippen LogP) is 3.57. The Labute approximate surface area is 231 Å². The van der Waals surface area contributed by atoms with Crippen LogP contribution in [0.5, 0.6) is 0 Å². The summed E-state index contributed by atoms with van der Waals surface area (Å²) in [4.78, 5) is 16.6. The fraction of sp³-hybridized carbons (Fsp3) is 0.448. The van der Waals surface area contributed by atoms with Crippen LogP contribution >= 0.6 is 0 Å².